The normalized spacial score (nSPS) is 13.6. The van der Waals surface area contributed by atoms with Crippen molar-refractivity contribution in [2.45, 2.75) is 19.9 Å². The molecule has 0 spiro atoms. The van der Waals surface area contributed by atoms with Crippen molar-refractivity contribution in [2.75, 3.05) is 6.79 Å². The van der Waals surface area contributed by atoms with Crippen LogP contribution in [-0.4, -0.2) is 30.9 Å². The largest absolute Gasteiger partial charge is 0.454 e. The summed E-state index contributed by atoms with van der Waals surface area (Å²) < 4.78 is 10.5. The van der Waals surface area contributed by atoms with E-state index in [0.717, 1.165) is 5.56 Å². The standard InChI is InChI=1S/C20H21N3O4/c1-13(2)18(20(25)23-21-11-14-6-4-3-5-7-14)22-19(24)15-8-9-16-17(10-15)27-12-26-16/h3-11,13,18H,12H2,1-2H3,(H,22,24)(H,23,25). The van der Waals surface area contributed by atoms with Gasteiger partial charge in [-0.15, -0.1) is 0 Å². The van der Waals surface area contributed by atoms with Gasteiger partial charge in [-0.25, -0.2) is 5.43 Å². The van der Waals surface area contributed by atoms with Gasteiger partial charge in [-0.2, -0.15) is 5.10 Å². The molecule has 3 rings (SSSR count). The average molecular weight is 367 g/mol. The Morgan fingerprint density at radius 2 is 1.81 bits per heavy atom. The van der Waals surface area contributed by atoms with Crippen molar-refractivity contribution in [3.05, 3.63) is 59.7 Å². The first-order valence-corrected chi connectivity index (χ1v) is 8.63. The summed E-state index contributed by atoms with van der Waals surface area (Å²) in [6, 6.07) is 13.6. The van der Waals surface area contributed by atoms with Crippen molar-refractivity contribution < 1.29 is 19.1 Å². The molecule has 2 amide bonds. The van der Waals surface area contributed by atoms with Crippen molar-refractivity contribution in [1.29, 1.82) is 0 Å². The molecule has 0 radical (unpaired) electrons. The van der Waals surface area contributed by atoms with Gasteiger partial charge in [-0.05, 0) is 29.7 Å². The fraction of sp³-hybridized carbons (Fsp3) is 0.250. The number of nitrogens with zero attached hydrogens (tertiary/aromatic N) is 1. The monoisotopic (exact) mass is 367 g/mol. The SMILES string of the molecule is CC(C)C(NC(=O)c1ccc2c(c1)OCO2)C(=O)NN=Cc1ccccc1. The minimum Gasteiger partial charge on any atom is -0.454 e. The van der Waals surface area contributed by atoms with E-state index in [1.54, 1.807) is 24.4 Å². The van der Waals surface area contributed by atoms with Crippen molar-refractivity contribution >= 4 is 18.0 Å². The van der Waals surface area contributed by atoms with Crippen LogP contribution in [0.5, 0.6) is 11.5 Å². The Morgan fingerprint density at radius 3 is 2.56 bits per heavy atom. The van der Waals surface area contributed by atoms with Crippen molar-refractivity contribution in [3.8, 4) is 11.5 Å². The summed E-state index contributed by atoms with van der Waals surface area (Å²) in [4.78, 5) is 25.0. The van der Waals surface area contributed by atoms with Crippen LogP contribution in [0.15, 0.2) is 53.6 Å². The van der Waals surface area contributed by atoms with Crippen molar-refractivity contribution in [3.63, 3.8) is 0 Å². The lowest BCUT2D eigenvalue weighted by Gasteiger charge is -2.20. The number of hydrogen-bond donors (Lipinski definition) is 2. The number of nitrogens with one attached hydrogen (secondary N) is 2. The first-order valence-electron chi connectivity index (χ1n) is 8.63. The molecule has 1 aliphatic rings. The molecule has 2 aromatic carbocycles. The molecule has 0 bridgehead atoms. The maximum atomic E-state index is 12.5. The molecule has 0 saturated carbocycles. The van der Waals surface area contributed by atoms with Crippen molar-refractivity contribution in [2.24, 2.45) is 11.0 Å². The van der Waals surface area contributed by atoms with Gasteiger partial charge in [0, 0.05) is 5.56 Å². The molecular formula is C20H21N3O4. The summed E-state index contributed by atoms with van der Waals surface area (Å²) in [5.74, 6) is 0.246. The quantitative estimate of drug-likeness (QED) is 0.606. The van der Waals surface area contributed by atoms with E-state index >= 15 is 0 Å². The summed E-state index contributed by atoms with van der Waals surface area (Å²) in [6.07, 6.45) is 1.55. The van der Waals surface area contributed by atoms with Crippen LogP contribution in [-0.2, 0) is 4.79 Å². The predicted molar refractivity (Wildman–Crippen MR) is 101 cm³/mol. The second-order valence-electron chi connectivity index (χ2n) is 6.41. The Kier molecular flexibility index (Phi) is 5.71. The van der Waals surface area contributed by atoms with Gasteiger partial charge < -0.3 is 14.8 Å². The minimum absolute atomic E-state index is 0.116. The third-order valence-corrected chi connectivity index (χ3v) is 4.06. The predicted octanol–water partition coefficient (Wildman–Crippen LogP) is 2.32. The number of hydrogen-bond acceptors (Lipinski definition) is 5. The Bertz CT molecular complexity index is 850. The van der Waals surface area contributed by atoms with Crippen LogP contribution in [0.1, 0.15) is 29.8 Å². The zero-order valence-corrected chi connectivity index (χ0v) is 15.1. The van der Waals surface area contributed by atoms with Gasteiger partial charge in [0.1, 0.15) is 6.04 Å². The van der Waals surface area contributed by atoms with Gasteiger partial charge in [-0.1, -0.05) is 44.2 Å². The number of amides is 2. The van der Waals surface area contributed by atoms with E-state index in [1.807, 2.05) is 44.2 Å². The van der Waals surface area contributed by atoms with Gasteiger partial charge in [0.25, 0.3) is 11.8 Å². The molecule has 0 saturated heterocycles. The molecule has 1 aliphatic heterocycles. The molecular weight excluding hydrogens is 346 g/mol. The highest BCUT2D eigenvalue weighted by Crippen LogP contribution is 2.32. The Hall–Kier alpha value is -3.35. The van der Waals surface area contributed by atoms with Crippen LogP contribution < -0.4 is 20.2 Å². The van der Waals surface area contributed by atoms with Crippen molar-refractivity contribution in [1.82, 2.24) is 10.7 Å². The third-order valence-electron chi connectivity index (χ3n) is 4.06. The highest BCUT2D eigenvalue weighted by molar-refractivity contribution is 5.98. The number of carbonyl (C=O) groups is 2. The van der Waals surface area contributed by atoms with Gasteiger partial charge in [0.15, 0.2) is 11.5 Å². The third kappa shape index (κ3) is 4.63. The Morgan fingerprint density at radius 1 is 1.07 bits per heavy atom. The molecule has 27 heavy (non-hydrogen) atoms. The smallest absolute Gasteiger partial charge is 0.262 e. The van der Waals surface area contributed by atoms with Gasteiger partial charge in [-0.3, -0.25) is 9.59 Å². The summed E-state index contributed by atoms with van der Waals surface area (Å²) in [5, 5.41) is 6.71. The summed E-state index contributed by atoms with van der Waals surface area (Å²) in [5.41, 5.74) is 3.74. The summed E-state index contributed by atoms with van der Waals surface area (Å²) in [6.45, 7) is 3.84. The fourth-order valence-electron chi connectivity index (χ4n) is 2.58. The lowest BCUT2D eigenvalue weighted by atomic mass is 10.0. The zero-order valence-electron chi connectivity index (χ0n) is 15.1. The van der Waals surface area contributed by atoms with Crippen LogP contribution in [0, 0.1) is 5.92 Å². The highest BCUT2D eigenvalue weighted by atomic mass is 16.7. The molecule has 2 aromatic rings. The first-order chi connectivity index (χ1) is 13.0. The summed E-state index contributed by atoms with van der Waals surface area (Å²) >= 11 is 0. The highest BCUT2D eigenvalue weighted by Gasteiger charge is 2.25. The maximum Gasteiger partial charge on any atom is 0.262 e. The van der Waals surface area contributed by atoms with Crippen LogP contribution in [0.2, 0.25) is 0 Å². The molecule has 2 N–H and O–H groups in total. The lowest BCUT2D eigenvalue weighted by Crippen LogP contribution is -2.48. The second-order valence-corrected chi connectivity index (χ2v) is 6.41. The molecule has 1 unspecified atom stereocenters. The van der Waals surface area contributed by atoms with Crippen LogP contribution in [0.3, 0.4) is 0 Å². The average Bonchev–Trinajstić information content (AvgIpc) is 3.14. The topological polar surface area (TPSA) is 89.0 Å². The van der Waals surface area contributed by atoms with Crippen LogP contribution in [0.4, 0.5) is 0 Å². The van der Waals surface area contributed by atoms with Crippen LogP contribution >= 0.6 is 0 Å². The number of fused-ring (bicyclic) bond motifs is 1. The maximum absolute atomic E-state index is 12.5. The lowest BCUT2D eigenvalue weighted by molar-refractivity contribution is -0.123. The number of ether oxygens (including phenoxy) is 2. The van der Waals surface area contributed by atoms with Gasteiger partial charge in [0.2, 0.25) is 6.79 Å². The summed E-state index contributed by atoms with van der Waals surface area (Å²) in [7, 11) is 0. The Balaban J connectivity index is 1.63. The zero-order chi connectivity index (χ0) is 19.2. The van der Waals surface area contributed by atoms with Gasteiger partial charge in [0.05, 0.1) is 6.21 Å². The van der Waals surface area contributed by atoms with E-state index in [1.165, 1.54) is 0 Å². The number of hydrazone groups is 1. The Labute approximate surface area is 157 Å². The molecule has 0 aromatic heterocycles. The van der Waals surface area contributed by atoms with E-state index < -0.39 is 6.04 Å². The van der Waals surface area contributed by atoms with E-state index in [-0.39, 0.29) is 24.5 Å². The molecule has 7 nitrogen and oxygen atoms in total. The number of carbonyl (C=O) groups excluding carboxylic acids is 2. The molecule has 1 heterocycles. The van der Waals surface area contributed by atoms with Crippen LogP contribution in [0.25, 0.3) is 0 Å². The second kappa shape index (κ2) is 8.35. The van der Waals surface area contributed by atoms with E-state index in [0.29, 0.717) is 17.1 Å². The van der Waals surface area contributed by atoms with E-state index in [9.17, 15) is 9.59 Å². The molecule has 0 fully saturated rings. The molecule has 0 aliphatic carbocycles. The van der Waals surface area contributed by atoms with E-state index in [4.69, 9.17) is 9.47 Å². The molecule has 7 heteroatoms. The first kappa shape index (κ1) is 18.4. The fourth-order valence-corrected chi connectivity index (χ4v) is 2.58. The number of rotatable bonds is 6. The minimum atomic E-state index is -0.726. The van der Waals surface area contributed by atoms with Gasteiger partial charge >= 0.3 is 0 Å². The molecule has 140 valence electrons. The van der Waals surface area contributed by atoms with E-state index in [2.05, 4.69) is 15.8 Å². The molecule has 1 atom stereocenters. The number of benzene rings is 2.